The smallest absolute Gasteiger partial charge is 0.125 e. The van der Waals surface area contributed by atoms with Crippen molar-refractivity contribution in [3.05, 3.63) is 35.4 Å². The molecule has 0 aliphatic carbocycles. The Morgan fingerprint density at radius 1 is 1.10 bits per heavy atom. The lowest BCUT2D eigenvalue weighted by Gasteiger charge is -2.29. The molecule has 2 nitrogen and oxygen atoms in total. The first-order valence-corrected chi connectivity index (χ1v) is 7.61. The third-order valence-electron chi connectivity index (χ3n) is 3.62. The molecule has 1 aromatic rings. The Morgan fingerprint density at radius 3 is 2.14 bits per heavy atom. The summed E-state index contributed by atoms with van der Waals surface area (Å²) in [4.78, 5) is 0. The Morgan fingerprint density at radius 2 is 1.71 bits per heavy atom. The highest BCUT2D eigenvalue weighted by molar-refractivity contribution is 5.65. The summed E-state index contributed by atoms with van der Waals surface area (Å²) in [6.07, 6.45) is 2.09. The second kappa shape index (κ2) is 6.55. The van der Waals surface area contributed by atoms with Crippen molar-refractivity contribution in [3.8, 4) is 5.75 Å². The molecule has 0 saturated heterocycles. The lowest BCUT2D eigenvalue weighted by molar-refractivity contribution is 0.330. The summed E-state index contributed by atoms with van der Waals surface area (Å²) >= 11 is 0. The van der Waals surface area contributed by atoms with Gasteiger partial charge in [-0.25, -0.2) is 0 Å². The first kappa shape index (κ1) is 17.6. The minimum Gasteiger partial charge on any atom is -0.508 e. The molecular weight excluding hydrogens is 260 g/mol. The van der Waals surface area contributed by atoms with Gasteiger partial charge in [-0.15, -0.1) is 0 Å². The number of ether oxygens (including phenoxy) is 1. The number of hydrogen-bond acceptors (Lipinski definition) is 2. The standard InChI is InChI=1S/C19H30O2/c1-18(2,3)12-11-16(19(4,5)6)17(21-7)14-9-8-10-15(20)13-14/h8-10,13,20H,11-12H2,1-7H3. The van der Waals surface area contributed by atoms with Crippen LogP contribution in [0.15, 0.2) is 29.8 Å². The number of hydrogen-bond donors (Lipinski definition) is 1. The monoisotopic (exact) mass is 290 g/mol. The van der Waals surface area contributed by atoms with Crippen LogP contribution in [0.5, 0.6) is 5.75 Å². The molecule has 0 fully saturated rings. The van der Waals surface area contributed by atoms with Crippen LogP contribution in [0.2, 0.25) is 0 Å². The van der Waals surface area contributed by atoms with Gasteiger partial charge in [-0.05, 0) is 41.4 Å². The summed E-state index contributed by atoms with van der Waals surface area (Å²) in [5.74, 6) is 1.16. The lowest BCUT2D eigenvalue weighted by atomic mass is 9.78. The number of benzene rings is 1. The van der Waals surface area contributed by atoms with Gasteiger partial charge in [-0.2, -0.15) is 0 Å². The van der Waals surface area contributed by atoms with E-state index in [1.54, 1.807) is 19.2 Å². The van der Waals surface area contributed by atoms with E-state index in [1.807, 2.05) is 12.1 Å². The van der Waals surface area contributed by atoms with Gasteiger partial charge >= 0.3 is 0 Å². The van der Waals surface area contributed by atoms with Crippen LogP contribution in [-0.2, 0) is 4.74 Å². The number of allylic oxidation sites excluding steroid dienone is 1. The zero-order valence-corrected chi connectivity index (χ0v) is 14.6. The molecule has 0 aliphatic rings. The number of aromatic hydroxyl groups is 1. The highest BCUT2D eigenvalue weighted by Crippen LogP contribution is 2.38. The first-order valence-electron chi connectivity index (χ1n) is 7.61. The molecular formula is C19H30O2. The van der Waals surface area contributed by atoms with E-state index in [4.69, 9.17) is 4.74 Å². The van der Waals surface area contributed by atoms with Crippen molar-refractivity contribution in [2.24, 2.45) is 10.8 Å². The number of rotatable bonds is 4. The summed E-state index contributed by atoms with van der Waals surface area (Å²) in [5.41, 5.74) is 2.55. The van der Waals surface area contributed by atoms with Gasteiger partial charge in [-0.1, -0.05) is 53.7 Å². The van der Waals surface area contributed by atoms with Gasteiger partial charge in [0.25, 0.3) is 0 Å². The average Bonchev–Trinajstić information content (AvgIpc) is 2.31. The van der Waals surface area contributed by atoms with Crippen LogP contribution < -0.4 is 0 Å². The van der Waals surface area contributed by atoms with E-state index in [9.17, 15) is 5.11 Å². The molecule has 0 spiro atoms. The van der Waals surface area contributed by atoms with Crippen molar-refractivity contribution < 1.29 is 9.84 Å². The van der Waals surface area contributed by atoms with Crippen molar-refractivity contribution in [1.29, 1.82) is 0 Å². The van der Waals surface area contributed by atoms with E-state index in [0.29, 0.717) is 0 Å². The third kappa shape index (κ3) is 5.45. The topological polar surface area (TPSA) is 29.5 Å². The van der Waals surface area contributed by atoms with Crippen LogP contribution in [0.1, 0.15) is 59.9 Å². The van der Waals surface area contributed by atoms with E-state index in [1.165, 1.54) is 5.57 Å². The highest BCUT2D eigenvalue weighted by Gasteiger charge is 2.25. The van der Waals surface area contributed by atoms with Crippen LogP contribution in [0, 0.1) is 10.8 Å². The fraction of sp³-hybridized carbons (Fsp3) is 0.579. The molecule has 0 amide bonds. The quantitative estimate of drug-likeness (QED) is 0.729. The molecule has 118 valence electrons. The Kier molecular flexibility index (Phi) is 5.49. The maximum Gasteiger partial charge on any atom is 0.125 e. The summed E-state index contributed by atoms with van der Waals surface area (Å²) < 4.78 is 5.71. The summed E-state index contributed by atoms with van der Waals surface area (Å²) in [6, 6.07) is 7.29. The number of methoxy groups -OCH3 is 1. The SMILES string of the molecule is COC(=C(CCC(C)(C)C)C(C)(C)C)c1cccc(O)c1. The van der Waals surface area contributed by atoms with Gasteiger partial charge in [0.15, 0.2) is 0 Å². The third-order valence-corrected chi connectivity index (χ3v) is 3.62. The van der Waals surface area contributed by atoms with E-state index in [2.05, 4.69) is 41.5 Å². The Hall–Kier alpha value is -1.44. The second-order valence-corrected chi connectivity index (χ2v) is 7.87. The van der Waals surface area contributed by atoms with E-state index in [0.717, 1.165) is 24.2 Å². The Bertz CT molecular complexity index is 499. The molecule has 0 aliphatic heterocycles. The van der Waals surface area contributed by atoms with Crippen LogP contribution in [0.4, 0.5) is 0 Å². The molecule has 1 N–H and O–H groups in total. The molecule has 1 aromatic carbocycles. The molecule has 0 radical (unpaired) electrons. The average molecular weight is 290 g/mol. The van der Waals surface area contributed by atoms with Crippen LogP contribution in [0.3, 0.4) is 0 Å². The molecule has 0 aromatic heterocycles. The number of phenolic OH excluding ortho intramolecular Hbond substituents is 1. The maximum absolute atomic E-state index is 9.72. The zero-order valence-electron chi connectivity index (χ0n) is 14.6. The second-order valence-electron chi connectivity index (χ2n) is 7.87. The molecule has 0 heterocycles. The van der Waals surface area contributed by atoms with Crippen molar-refractivity contribution in [3.63, 3.8) is 0 Å². The fourth-order valence-electron chi connectivity index (χ4n) is 2.39. The summed E-state index contributed by atoms with van der Waals surface area (Å²) in [7, 11) is 1.71. The lowest BCUT2D eigenvalue weighted by Crippen LogP contribution is -2.15. The van der Waals surface area contributed by atoms with Gasteiger partial charge in [-0.3, -0.25) is 0 Å². The predicted octanol–water partition coefficient (Wildman–Crippen LogP) is 5.62. The Labute approximate surface area is 129 Å². The van der Waals surface area contributed by atoms with Crippen LogP contribution in [0.25, 0.3) is 5.76 Å². The van der Waals surface area contributed by atoms with Crippen molar-refractivity contribution in [2.75, 3.05) is 7.11 Å². The number of phenols is 1. The molecule has 0 bridgehead atoms. The van der Waals surface area contributed by atoms with Crippen LogP contribution >= 0.6 is 0 Å². The van der Waals surface area contributed by atoms with E-state index < -0.39 is 0 Å². The van der Waals surface area contributed by atoms with E-state index in [-0.39, 0.29) is 16.6 Å². The molecule has 0 saturated carbocycles. The Balaban J connectivity index is 3.29. The van der Waals surface area contributed by atoms with Gasteiger partial charge in [0.1, 0.15) is 11.5 Å². The van der Waals surface area contributed by atoms with Crippen molar-refractivity contribution in [1.82, 2.24) is 0 Å². The van der Waals surface area contributed by atoms with Crippen molar-refractivity contribution in [2.45, 2.75) is 54.4 Å². The largest absolute Gasteiger partial charge is 0.508 e. The van der Waals surface area contributed by atoms with Gasteiger partial charge in [0.05, 0.1) is 7.11 Å². The van der Waals surface area contributed by atoms with Crippen molar-refractivity contribution >= 4 is 5.76 Å². The van der Waals surface area contributed by atoms with Gasteiger partial charge < -0.3 is 9.84 Å². The summed E-state index contributed by atoms with van der Waals surface area (Å²) in [6.45, 7) is 13.4. The molecule has 1 rings (SSSR count). The van der Waals surface area contributed by atoms with Gasteiger partial charge in [0, 0.05) is 5.56 Å². The van der Waals surface area contributed by atoms with Gasteiger partial charge in [0.2, 0.25) is 0 Å². The minimum atomic E-state index is 0.0298. The first-order chi connectivity index (χ1) is 9.54. The minimum absolute atomic E-state index is 0.0298. The molecule has 0 unspecified atom stereocenters. The normalized spacial score (nSPS) is 13.9. The fourth-order valence-corrected chi connectivity index (χ4v) is 2.39. The predicted molar refractivity (Wildman–Crippen MR) is 90.2 cm³/mol. The molecule has 0 atom stereocenters. The highest BCUT2D eigenvalue weighted by atomic mass is 16.5. The summed E-state index contributed by atoms with van der Waals surface area (Å²) in [5, 5.41) is 9.72. The molecule has 2 heteroatoms. The van der Waals surface area contributed by atoms with E-state index >= 15 is 0 Å². The van der Waals surface area contributed by atoms with Crippen LogP contribution in [-0.4, -0.2) is 12.2 Å². The maximum atomic E-state index is 9.72. The zero-order chi connectivity index (χ0) is 16.3. The molecule has 21 heavy (non-hydrogen) atoms.